The van der Waals surface area contributed by atoms with Gasteiger partial charge in [-0.1, -0.05) is 19.1 Å². The Balaban J connectivity index is 3.02. The van der Waals surface area contributed by atoms with E-state index in [0.29, 0.717) is 0 Å². The first-order valence-electron chi connectivity index (χ1n) is 3.90. The van der Waals surface area contributed by atoms with Gasteiger partial charge in [-0.05, 0) is 19.9 Å². The van der Waals surface area contributed by atoms with Gasteiger partial charge in [0.25, 0.3) is 0 Å². The average molecular weight is 142 g/mol. The Morgan fingerprint density at radius 1 is 1.60 bits per heavy atom. The second-order valence-electron chi connectivity index (χ2n) is 2.49. The summed E-state index contributed by atoms with van der Waals surface area (Å²) in [6, 6.07) is 0.184. The molecular formula is C8H18N2. The number of nitrogens with one attached hydrogen (secondary N) is 1. The summed E-state index contributed by atoms with van der Waals surface area (Å²) in [5, 5.41) is 3.25. The highest BCUT2D eigenvalue weighted by Crippen LogP contribution is 1.77. The molecule has 2 heteroatoms. The Bertz CT molecular complexity index is 87.3. The molecule has 0 fully saturated rings. The van der Waals surface area contributed by atoms with Crippen LogP contribution in [0.2, 0.25) is 0 Å². The van der Waals surface area contributed by atoms with Crippen LogP contribution in [0, 0.1) is 0 Å². The summed E-state index contributed by atoms with van der Waals surface area (Å²) in [5.41, 5.74) is 5.49. The Hall–Kier alpha value is -0.340. The third-order valence-electron chi connectivity index (χ3n) is 1.13. The third-order valence-corrected chi connectivity index (χ3v) is 1.13. The van der Waals surface area contributed by atoms with Crippen LogP contribution in [-0.4, -0.2) is 19.1 Å². The summed E-state index contributed by atoms with van der Waals surface area (Å²) in [6.07, 6.45) is 5.26. The normalized spacial score (nSPS) is 14.3. The molecule has 0 amide bonds. The van der Waals surface area contributed by atoms with Crippen LogP contribution >= 0.6 is 0 Å². The molecule has 2 nitrogen and oxygen atoms in total. The van der Waals surface area contributed by atoms with Crippen molar-refractivity contribution in [2.24, 2.45) is 5.73 Å². The highest BCUT2D eigenvalue weighted by molar-refractivity contribution is 4.89. The predicted octanol–water partition coefficient (Wildman–Crippen LogP) is 0.889. The molecule has 0 heterocycles. The van der Waals surface area contributed by atoms with Crippen molar-refractivity contribution in [3.05, 3.63) is 12.2 Å². The SMILES string of the molecule is CCCNC/C=C/C(C)N. The zero-order valence-electron chi connectivity index (χ0n) is 6.93. The Labute approximate surface area is 63.5 Å². The summed E-state index contributed by atoms with van der Waals surface area (Å²) in [6.45, 7) is 6.15. The minimum absolute atomic E-state index is 0.184. The van der Waals surface area contributed by atoms with Gasteiger partial charge in [0.1, 0.15) is 0 Å². The van der Waals surface area contributed by atoms with Crippen molar-refractivity contribution in [1.82, 2.24) is 5.32 Å². The molecule has 0 bridgehead atoms. The first-order chi connectivity index (χ1) is 4.77. The van der Waals surface area contributed by atoms with Crippen LogP contribution in [0.3, 0.4) is 0 Å². The van der Waals surface area contributed by atoms with Gasteiger partial charge in [0.2, 0.25) is 0 Å². The van der Waals surface area contributed by atoms with Crippen LogP contribution in [0.5, 0.6) is 0 Å². The molecule has 0 rings (SSSR count). The van der Waals surface area contributed by atoms with Gasteiger partial charge in [0.15, 0.2) is 0 Å². The second-order valence-corrected chi connectivity index (χ2v) is 2.49. The van der Waals surface area contributed by atoms with Crippen molar-refractivity contribution < 1.29 is 0 Å². The second kappa shape index (κ2) is 6.78. The number of hydrogen-bond acceptors (Lipinski definition) is 2. The van der Waals surface area contributed by atoms with E-state index >= 15 is 0 Å². The van der Waals surface area contributed by atoms with E-state index in [1.807, 2.05) is 13.0 Å². The minimum Gasteiger partial charge on any atom is -0.325 e. The smallest absolute Gasteiger partial charge is 0.0195 e. The van der Waals surface area contributed by atoms with Gasteiger partial charge < -0.3 is 11.1 Å². The Morgan fingerprint density at radius 2 is 2.30 bits per heavy atom. The molecule has 0 aliphatic heterocycles. The fraction of sp³-hybridized carbons (Fsp3) is 0.750. The molecule has 0 aromatic rings. The summed E-state index contributed by atoms with van der Waals surface area (Å²) in [7, 11) is 0. The first-order valence-corrected chi connectivity index (χ1v) is 3.90. The molecule has 0 aromatic heterocycles. The van der Waals surface area contributed by atoms with E-state index in [-0.39, 0.29) is 6.04 Å². The highest BCUT2D eigenvalue weighted by atomic mass is 14.8. The molecule has 0 aliphatic carbocycles. The van der Waals surface area contributed by atoms with Crippen LogP contribution in [0.15, 0.2) is 12.2 Å². The third kappa shape index (κ3) is 7.66. The fourth-order valence-corrected chi connectivity index (χ4v) is 0.645. The van der Waals surface area contributed by atoms with Crippen molar-refractivity contribution in [1.29, 1.82) is 0 Å². The molecule has 0 spiro atoms. The Morgan fingerprint density at radius 3 is 2.80 bits per heavy atom. The van der Waals surface area contributed by atoms with E-state index in [9.17, 15) is 0 Å². The number of hydrogen-bond donors (Lipinski definition) is 2. The largest absolute Gasteiger partial charge is 0.325 e. The van der Waals surface area contributed by atoms with Crippen LogP contribution < -0.4 is 11.1 Å². The highest BCUT2D eigenvalue weighted by Gasteiger charge is 1.82. The van der Waals surface area contributed by atoms with Gasteiger partial charge in [-0.25, -0.2) is 0 Å². The van der Waals surface area contributed by atoms with Crippen LogP contribution in [0.4, 0.5) is 0 Å². The maximum atomic E-state index is 5.49. The molecular weight excluding hydrogens is 124 g/mol. The monoisotopic (exact) mass is 142 g/mol. The molecule has 10 heavy (non-hydrogen) atoms. The lowest BCUT2D eigenvalue weighted by molar-refractivity contribution is 0.726. The fourth-order valence-electron chi connectivity index (χ4n) is 0.645. The zero-order chi connectivity index (χ0) is 7.82. The summed E-state index contributed by atoms with van der Waals surface area (Å²) < 4.78 is 0. The summed E-state index contributed by atoms with van der Waals surface area (Å²) in [5.74, 6) is 0. The molecule has 0 aliphatic rings. The van der Waals surface area contributed by atoms with Crippen molar-refractivity contribution >= 4 is 0 Å². The lowest BCUT2D eigenvalue weighted by Crippen LogP contribution is -2.16. The zero-order valence-corrected chi connectivity index (χ0v) is 6.93. The molecule has 0 radical (unpaired) electrons. The standard InChI is InChI=1S/C8H18N2/c1-3-6-10-7-4-5-8(2)9/h4-5,8,10H,3,6-7,9H2,1-2H3/b5-4+. The maximum Gasteiger partial charge on any atom is 0.0195 e. The van der Waals surface area contributed by atoms with Gasteiger partial charge in [-0.2, -0.15) is 0 Å². The lowest BCUT2D eigenvalue weighted by atomic mass is 10.3. The Kier molecular flexibility index (Phi) is 6.55. The molecule has 0 aromatic carbocycles. The lowest BCUT2D eigenvalue weighted by Gasteiger charge is -1.97. The van der Waals surface area contributed by atoms with Gasteiger partial charge in [-0.3, -0.25) is 0 Å². The predicted molar refractivity (Wildman–Crippen MR) is 46.0 cm³/mol. The van der Waals surface area contributed by atoms with Gasteiger partial charge in [-0.15, -0.1) is 0 Å². The molecule has 1 unspecified atom stereocenters. The summed E-state index contributed by atoms with van der Waals surface area (Å²) >= 11 is 0. The van der Waals surface area contributed by atoms with E-state index in [2.05, 4.69) is 18.3 Å². The van der Waals surface area contributed by atoms with Crippen LogP contribution in [0.1, 0.15) is 20.3 Å². The number of nitrogens with two attached hydrogens (primary N) is 1. The van der Waals surface area contributed by atoms with E-state index < -0.39 is 0 Å². The van der Waals surface area contributed by atoms with E-state index in [4.69, 9.17) is 5.73 Å². The first kappa shape index (κ1) is 9.66. The van der Waals surface area contributed by atoms with Gasteiger partial charge in [0, 0.05) is 12.6 Å². The van der Waals surface area contributed by atoms with Crippen molar-refractivity contribution in [2.75, 3.05) is 13.1 Å². The molecule has 3 N–H and O–H groups in total. The molecule has 1 atom stereocenters. The van der Waals surface area contributed by atoms with Crippen molar-refractivity contribution in [3.8, 4) is 0 Å². The average Bonchev–Trinajstić information content (AvgIpc) is 1.87. The van der Waals surface area contributed by atoms with E-state index in [1.54, 1.807) is 0 Å². The molecule has 60 valence electrons. The number of rotatable bonds is 5. The minimum atomic E-state index is 0.184. The van der Waals surface area contributed by atoms with Crippen molar-refractivity contribution in [2.45, 2.75) is 26.3 Å². The summed E-state index contributed by atoms with van der Waals surface area (Å²) in [4.78, 5) is 0. The molecule has 0 saturated heterocycles. The topological polar surface area (TPSA) is 38.0 Å². The van der Waals surface area contributed by atoms with Crippen molar-refractivity contribution in [3.63, 3.8) is 0 Å². The quantitative estimate of drug-likeness (QED) is 0.442. The van der Waals surface area contributed by atoms with Gasteiger partial charge >= 0.3 is 0 Å². The van der Waals surface area contributed by atoms with Crippen LogP contribution in [-0.2, 0) is 0 Å². The van der Waals surface area contributed by atoms with E-state index in [1.165, 1.54) is 6.42 Å². The van der Waals surface area contributed by atoms with Crippen LogP contribution in [0.25, 0.3) is 0 Å². The maximum absolute atomic E-state index is 5.49. The van der Waals surface area contributed by atoms with E-state index in [0.717, 1.165) is 13.1 Å². The van der Waals surface area contributed by atoms with Gasteiger partial charge in [0.05, 0.1) is 0 Å². The molecule has 0 saturated carbocycles.